The Kier molecular flexibility index (Phi) is 4.19. The fourth-order valence-electron chi connectivity index (χ4n) is 1.25. The molecular weight excluding hydrogens is 244 g/mol. The number of benzene rings is 1. The van der Waals surface area contributed by atoms with Crippen molar-refractivity contribution in [1.29, 1.82) is 0 Å². The molecule has 8 nitrogen and oxygen atoms in total. The molecule has 1 rings (SSSR count). The van der Waals surface area contributed by atoms with E-state index in [0.29, 0.717) is 0 Å². The Hall–Kier alpha value is -2.64. The number of nitrogens with zero attached hydrogens (tertiary/aromatic N) is 1. The van der Waals surface area contributed by atoms with Crippen LogP contribution in [0, 0.1) is 10.1 Å². The van der Waals surface area contributed by atoms with E-state index in [1.807, 2.05) is 0 Å². The lowest BCUT2D eigenvalue weighted by atomic mass is 10.2. The summed E-state index contributed by atoms with van der Waals surface area (Å²) >= 11 is 0. The summed E-state index contributed by atoms with van der Waals surface area (Å²) in [6, 6.07) is 3.79. The first-order valence-electron chi connectivity index (χ1n) is 4.78. The van der Waals surface area contributed by atoms with Gasteiger partial charge < -0.3 is 15.2 Å². The van der Waals surface area contributed by atoms with Gasteiger partial charge in [0.25, 0.3) is 0 Å². The molecule has 0 aliphatic heterocycles. The van der Waals surface area contributed by atoms with Crippen LogP contribution in [-0.2, 0) is 9.59 Å². The fraction of sp³-hybridized carbons (Fsp3) is 0.200. The maximum Gasteiger partial charge on any atom is 0.312 e. The molecule has 2 N–H and O–H groups in total. The van der Waals surface area contributed by atoms with E-state index in [4.69, 9.17) is 9.84 Å². The van der Waals surface area contributed by atoms with Crippen molar-refractivity contribution in [1.82, 2.24) is 0 Å². The molecule has 0 unspecified atom stereocenters. The standard InChI is InChI=1S/C10H10N2O6/c1-18-8-3-2-6(4-7(8)12(16)17)11-9(13)5-10(14)15/h2-4H,5H2,1H3,(H,11,13)(H,14,15). The predicted octanol–water partition coefficient (Wildman–Crippen LogP) is 1.02. The number of carboxylic acid groups (broad SMARTS) is 1. The van der Waals surface area contributed by atoms with Gasteiger partial charge in [0.1, 0.15) is 6.42 Å². The molecule has 0 saturated carbocycles. The van der Waals surface area contributed by atoms with E-state index < -0.39 is 23.2 Å². The number of nitro groups is 1. The van der Waals surface area contributed by atoms with Crippen molar-refractivity contribution in [2.24, 2.45) is 0 Å². The van der Waals surface area contributed by atoms with Gasteiger partial charge in [-0.05, 0) is 12.1 Å². The largest absolute Gasteiger partial charge is 0.490 e. The second kappa shape index (κ2) is 5.62. The summed E-state index contributed by atoms with van der Waals surface area (Å²) in [6.45, 7) is 0. The van der Waals surface area contributed by atoms with E-state index in [-0.39, 0.29) is 17.1 Å². The third-order valence-corrected chi connectivity index (χ3v) is 1.97. The van der Waals surface area contributed by atoms with Crippen molar-refractivity contribution in [3.63, 3.8) is 0 Å². The average Bonchev–Trinajstić information content (AvgIpc) is 2.27. The molecule has 0 spiro atoms. The minimum atomic E-state index is -1.28. The van der Waals surface area contributed by atoms with Gasteiger partial charge in [-0.1, -0.05) is 0 Å². The first-order chi connectivity index (χ1) is 8.43. The number of amides is 1. The van der Waals surface area contributed by atoms with Gasteiger partial charge in [0.15, 0.2) is 5.75 Å². The highest BCUT2D eigenvalue weighted by Crippen LogP contribution is 2.29. The number of ether oxygens (including phenoxy) is 1. The number of anilines is 1. The van der Waals surface area contributed by atoms with E-state index in [0.717, 1.165) is 6.07 Å². The summed E-state index contributed by atoms with van der Waals surface area (Å²) in [5, 5.41) is 21.4. The predicted molar refractivity (Wildman–Crippen MR) is 60.5 cm³/mol. The van der Waals surface area contributed by atoms with Gasteiger partial charge in [-0.3, -0.25) is 19.7 Å². The Labute approximate surface area is 101 Å². The second-order valence-electron chi connectivity index (χ2n) is 3.26. The van der Waals surface area contributed by atoms with Crippen molar-refractivity contribution in [3.8, 4) is 5.75 Å². The molecule has 1 aromatic rings. The Morgan fingerprint density at radius 3 is 2.67 bits per heavy atom. The number of carbonyl (C=O) groups excluding carboxylic acids is 1. The van der Waals surface area contributed by atoms with Crippen molar-refractivity contribution in [2.75, 3.05) is 12.4 Å². The number of aliphatic carboxylic acids is 1. The first-order valence-corrected chi connectivity index (χ1v) is 4.78. The SMILES string of the molecule is COc1ccc(NC(=O)CC(=O)O)cc1[N+](=O)[O-]. The molecule has 0 aliphatic carbocycles. The van der Waals surface area contributed by atoms with E-state index in [1.54, 1.807) is 0 Å². The topological polar surface area (TPSA) is 119 Å². The number of carboxylic acids is 1. The maximum atomic E-state index is 11.2. The van der Waals surface area contributed by atoms with Crippen LogP contribution in [0.4, 0.5) is 11.4 Å². The van der Waals surface area contributed by atoms with E-state index in [9.17, 15) is 19.7 Å². The zero-order valence-electron chi connectivity index (χ0n) is 9.37. The summed E-state index contributed by atoms with van der Waals surface area (Å²) in [6.07, 6.45) is -0.709. The van der Waals surface area contributed by atoms with Gasteiger partial charge in [0.05, 0.1) is 12.0 Å². The molecule has 8 heteroatoms. The van der Waals surface area contributed by atoms with Gasteiger partial charge in [-0.25, -0.2) is 0 Å². The van der Waals surface area contributed by atoms with Crippen molar-refractivity contribution < 1.29 is 24.4 Å². The van der Waals surface area contributed by atoms with Crippen LogP contribution in [0.1, 0.15) is 6.42 Å². The molecule has 1 amide bonds. The maximum absolute atomic E-state index is 11.2. The van der Waals surface area contributed by atoms with Crippen LogP contribution < -0.4 is 10.1 Å². The van der Waals surface area contributed by atoms with Gasteiger partial charge in [0, 0.05) is 11.8 Å². The van der Waals surface area contributed by atoms with Crippen LogP contribution in [0.5, 0.6) is 5.75 Å². The number of methoxy groups -OCH3 is 1. The zero-order valence-corrected chi connectivity index (χ0v) is 9.37. The van der Waals surface area contributed by atoms with Crippen molar-refractivity contribution in [2.45, 2.75) is 6.42 Å². The summed E-state index contributed by atoms with van der Waals surface area (Å²) in [7, 11) is 1.28. The molecule has 0 saturated heterocycles. The molecule has 0 aromatic heterocycles. The first kappa shape index (κ1) is 13.4. The number of nitro benzene ring substituents is 1. The minimum absolute atomic E-state index is 0.0521. The van der Waals surface area contributed by atoms with Gasteiger partial charge in [-0.15, -0.1) is 0 Å². The normalized spacial score (nSPS) is 9.61. The number of hydrogen-bond acceptors (Lipinski definition) is 5. The lowest BCUT2D eigenvalue weighted by molar-refractivity contribution is -0.385. The molecule has 0 atom stereocenters. The molecule has 0 heterocycles. The Morgan fingerprint density at radius 2 is 2.17 bits per heavy atom. The van der Waals surface area contributed by atoms with E-state index >= 15 is 0 Å². The Morgan fingerprint density at radius 1 is 1.50 bits per heavy atom. The molecule has 0 fully saturated rings. The fourth-order valence-corrected chi connectivity index (χ4v) is 1.25. The number of hydrogen-bond donors (Lipinski definition) is 2. The van der Waals surface area contributed by atoms with E-state index in [1.165, 1.54) is 19.2 Å². The van der Waals surface area contributed by atoms with E-state index in [2.05, 4.69) is 5.32 Å². The summed E-state index contributed by atoms with van der Waals surface area (Å²) in [4.78, 5) is 31.5. The molecule has 18 heavy (non-hydrogen) atoms. The average molecular weight is 254 g/mol. The third-order valence-electron chi connectivity index (χ3n) is 1.97. The van der Waals surface area contributed by atoms with Crippen LogP contribution in [-0.4, -0.2) is 29.0 Å². The Balaban J connectivity index is 2.91. The van der Waals surface area contributed by atoms with Crippen LogP contribution in [0.2, 0.25) is 0 Å². The minimum Gasteiger partial charge on any atom is -0.490 e. The lowest BCUT2D eigenvalue weighted by Gasteiger charge is -2.06. The van der Waals surface area contributed by atoms with Gasteiger partial charge >= 0.3 is 11.7 Å². The van der Waals surface area contributed by atoms with Crippen LogP contribution in [0.3, 0.4) is 0 Å². The van der Waals surface area contributed by atoms with Crippen LogP contribution in [0.25, 0.3) is 0 Å². The summed E-state index contributed by atoms with van der Waals surface area (Å²) in [5.74, 6) is -1.99. The quantitative estimate of drug-likeness (QED) is 0.460. The van der Waals surface area contributed by atoms with Gasteiger partial charge in [0.2, 0.25) is 5.91 Å². The molecule has 0 bridgehead atoms. The number of carbonyl (C=O) groups is 2. The molecule has 0 radical (unpaired) electrons. The van der Waals surface area contributed by atoms with Crippen LogP contribution >= 0.6 is 0 Å². The highest BCUT2D eigenvalue weighted by Gasteiger charge is 2.16. The summed E-state index contributed by atoms with van der Waals surface area (Å²) < 4.78 is 4.78. The smallest absolute Gasteiger partial charge is 0.312 e. The Bertz CT molecular complexity index is 499. The van der Waals surface area contributed by atoms with Crippen molar-refractivity contribution in [3.05, 3.63) is 28.3 Å². The van der Waals surface area contributed by atoms with Gasteiger partial charge in [-0.2, -0.15) is 0 Å². The van der Waals surface area contributed by atoms with Crippen LogP contribution in [0.15, 0.2) is 18.2 Å². The molecule has 96 valence electrons. The second-order valence-corrected chi connectivity index (χ2v) is 3.26. The molecule has 0 aliphatic rings. The van der Waals surface area contributed by atoms with Crippen molar-refractivity contribution >= 4 is 23.3 Å². The molecule has 1 aromatic carbocycles. The number of nitrogens with one attached hydrogen (secondary N) is 1. The number of rotatable bonds is 5. The zero-order chi connectivity index (χ0) is 13.7. The molecular formula is C10H10N2O6. The lowest BCUT2D eigenvalue weighted by Crippen LogP contribution is -2.15. The third kappa shape index (κ3) is 3.44. The highest BCUT2D eigenvalue weighted by molar-refractivity contribution is 6.01. The monoisotopic (exact) mass is 254 g/mol. The summed E-state index contributed by atoms with van der Waals surface area (Å²) in [5.41, 5.74) is -0.181. The highest BCUT2D eigenvalue weighted by atomic mass is 16.6.